The molecule has 2 rings (SSSR count). The number of nitrogens with one attached hydrogen (secondary N) is 2. The molecule has 0 radical (unpaired) electrons. The minimum Gasteiger partial charge on any atom is -0.384 e. The van der Waals surface area contributed by atoms with Crippen LogP contribution in [0.3, 0.4) is 0 Å². The van der Waals surface area contributed by atoms with E-state index < -0.39 is 5.91 Å². The Morgan fingerprint density at radius 1 is 1.12 bits per heavy atom. The summed E-state index contributed by atoms with van der Waals surface area (Å²) in [5, 5.41) is 9.09. The van der Waals surface area contributed by atoms with Gasteiger partial charge in [0.1, 0.15) is 5.84 Å². The lowest BCUT2D eigenvalue weighted by Crippen LogP contribution is -2.23. The molecule has 136 valence electrons. The van der Waals surface area contributed by atoms with Crippen LogP contribution >= 0.6 is 0 Å². The number of anilines is 1. The van der Waals surface area contributed by atoms with Crippen molar-refractivity contribution in [1.82, 2.24) is 5.32 Å². The summed E-state index contributed by atoms with van der Waals surface area (Å²) in [5.74, 6) is -0.310. The van der Waals surface area contributed by atoms with Crippen molar-refractivity contribution >= 4 is 23.3 Å². The van der Waals surface area contributed by atoms with Crippen molar-refractivity contribution in [2.24, 2.45) is 10.9 Å². The Labute approximate surface area is 152 Å². The number of amidine groups is 1. The maximum absolute atomic E-state index is 11.9. The number of carbonyl (C=O) groups excluding carboxylic acids is 2. The zero-order valence-corrected chi connectivity index (χ0v) is 14.6. The number of amides is 2. The van der Waals surface area contributed by atoms with Crippen LogP contribution in [0.1, 0.15) is 22.8 Å². The third-order valence-corrected chi connectivity index (χ3v) is 3.35. The van der Waals surface area contributed by atoms with Gasteiger partial charge in [0.25, 0.3) is 11.8 Å². The molecular weight excluding hydrogens is 332 g/mol. The molecule has 2 amide bonds. The monoisotopic (exact) mass is 354 g/mol. The average molecular weight is 354 g/mol. The highest BCUT2D eigenvalue weighted by Crippen LogP contribution is 2.10. The highest BCUT2D eigenvalue weighted by molar-refractivity contribution is 5.97. The first-order chi connectivity index (χ1) is 12.6. The van der Waals surface area contributed by atoms with Gasteiger partial charge in [-0.1, -0.05) is 41.6 Å². The maximum Gasteiger partial charge on any atom is 0.265 e. The lowest BCUT2D eigenvalue weighted by atomic mass is 10.1. The molecule has 7 heteroatoms. The lowest BCUT2D eigenvalue weighted by molar-refractivity contribution is -0.120. The van der Waals surface area contributed by atoms with Gasteiger partial charge in [-0.2, -0.15) is 0 Å². The summed E-state index contributed by atoms with van der Waals surface area (Å²) in [5.41, 5.74) is 7.75. The number of oxime groups is 1. The number of nitrogens with zero attached hydrogens (tertiary/aromatic N) is 1. The second-order valence-corrected chi connectivity index (χ2v) is 5.51. The van der Waals surface area contributed by atoms with Crippen LogP contribution in [-0.2, 0) is 16.1 Å². The average Bonchev–Trinajstić information content (AvgIpc) is 2.63. The third-order valence-electron chi connectivity index (χ3n) is 3.35. The lowest BCUT2D eigenvalue weighted by Gasteiger charge is -2.07. The molecule has 0 aliphatic rings. The molecule has 0 atom stereocenters. The largest absolute Gasteiger partial charge is 0.384 e. The first-order valence-corrected chi connectivity index (χ1v) is 8.25. The SMILES string of the molecule is CCNC(=O)c1cccc(NC(=O)CO/N=C(/N)Cc2ccccc2)c1. The van der Waals surface area contributed by atoms with E-state index in [9.17, 15) is 9.59 Å². The fourth-order valence-corrected chi connectivity index (χ4v) is 2.21. The van der Waals surface area contributed by atoms with Crippen LogP contribution in [0, 0.1) is 0 Å². The van der Waals surface area contributed by atoms with Gasteiger partial charge in [-0.3, -0.25) is 9.59 Å². The highest BCUT2D eigenvalue weighted by atomic mass is 16.6. The molecule has 26 heavy (non-hydrogen) atoms. The first-order valence-electron chi connectivity index (χ1n) is 8.25. The summed E-state index contributed by atoms with van der Waals surface area (Å²) in [4.78, 5) is 28.7. The topological polar surface area (TPSA) is 106 Å². The van der Waals surface area contributed by atoms with Crippen molar-refractivity contribution in [3.8, 4) is 0 Å². The molecule has 0 aliphatic carbocycles. The van der Waals surface area contributed by atoms with Crippen LogP contribution in [0.25, 0.3) is 0 Å². The maximum atomic E-state index is 11.9. The summed E-state index contributed by atoms with van der Waals surface area (Å²) >= 11 is 0. The molecular formula is C19H22N4O3. The smallest absolute Gasteiger partial charge is 0.265 e. The molecule has 2 aromatic rings. The van der Waals surface area contributed by atoms with Crippen molar-refractivity contribution in [3.63, 3.8) is 0 Å². The summed E-state index contributed by atoms with van der Waals surface area (Å²) < 4.78 is 0. The molecule has 0 aromatic heterocycles. The quantitative estimate of drug-likeness (QED) is 0.382. The molecule has 0 saturated heterocycles. The van der Waals surface area contributed by atoms with E-state index in [1.165, 1.54) is 0 Å². The standard InChI is InChI=1S/C19H22N4O3/c1-2-21-19(25)15-9-6-10-16(12-15)22-18(24)13-26-23-17(20)11-14-7-4-3-5-8-14/h3-10,12H,2,11,13H2,1H3,(H2,20,23)(H,21,25)(H,22,24). The summed E-state index contributed by atoms with van der Waals surface area (Å²) in [7, 11) is 0. The molecule has 0 heterocycles. The number of nitrogens with two attached hydrogens (primary N) is 1. The van der Waals surface area contributed by atoms with Crippen LogP contribution < -0.4 is 16.4 Å². The zero-order valence-electron chi connectivity index (χ0n) is 14.6. The van der Waals surface area contributed by atoms with Gasteiger partial charge in [0.05, 0.1) is 0 Å². The van der Waals surface area contributed by atoms with E-state index in [-0.39, 0.29) is 18.3 Å². The molecule has 0 unspecified atom stereocenters. The molecule has 2 aromatic carbocycles. The molecule has 7 nitrogen and oxygen atoms in total. The van der Waals surface area contributed by atoms with E-state index in [0.29, 0.717) is 24.2 Å². The number of carbonyl (C=O) groups is 2. The van der Waals surface area contributed by atoms with Gasteiger partial charge < -0.3 is 21.2 Å². The minimum absolute atomic E-state index is 0.196. The molecule has 4 N–H and O–H groups in total. The number of hydrogen-bond donors (Lipinski definition) is 3. The molecule has 0 saturated carbocycles. The Kier molecular flexibility index (Phi) is 7.17. The van der Waals surface area contributed by atoms with Crippen molar-refractivity contribution < 1.29 is 14.4 Å². The van der Waals surface area contributed by atoms with Gasteiger partial charge in [0.2, 0.25) is 0 Å². The van der Waals surface area contributed by atoms with Crippen LogP contribution in [0.5, 0.6) is 0 Å². The van der Waals surface area contributed by atoms with E-state index in [1.54, 1.807) is 24.3 Å². The number of rotatable bonds is 8. The van der Waals surface area contributed by atoms with E-state index >= 15 is 0 Å². The van der Waals surface area contributed by atoms with Gasteiger partial charge in [-0.25, -0.2) is 0 Å². The van der Waals surface area contributed by atoms with Crippen molar-refractivity contribution in [1.29, 1.82) is 0 Å². The van der Waals surface area contributed by atoms with Gasteiger partial charge in [-0.15, -0.1) is 0 Å². The summed E-state index contributed by atoms with van der Waals surface area (Å²) in [6, 6.07) is 16.2. The molecule has 0 aliphatic heterocycles. The van der Waals surface area contributed by atoms with E-state index in [0.717, 1.165) is 5.56 Å². The molecule has 0 bridgehead atoms. The van der Waals surface area contributed by atoms with Gasteiger partial charge in [-0.05, 0) is 30.7 Å². The first kappa shape index (κ1) is 19.0. The highest BCUT2D eigenvalue weighted by Gasteiger charge is 2.07. The Hall–Kier alpha value is -3.35. The summed E-state index contributed by atoms with van der Waals surface area (Å²) in [6.45, 7) is 2.09. The van der Waals surface area contributed by atoms with Crippen LogP contribution in [0.2, 0.25) is 0 Å². The Morgan fingerprint density at radius 2 is 1.88 bits per heavy atom. The van der Waals surface area contributed by atoms with Crippen molar-refractivity contribution in [2.45, 2.75) is 13.3 Å². The zero-order chi connectivity index (χ0) is 18.8. The van der Waals surface area contributed by atoms with Gasteiger partial charge in [0, 0.05) is 24.2 Å². The van der Waals surface area contributed by atoms with E-state index in [1.807, 2.05) is 37.3 Å². The van der Waals surface area contributed by atoms with Crippen molar-refractivity contribution in [2.75, 3.05) is 18.5 Å². The Balaban J connectivity index is 1.82. The minimum atomic E-state index is -0.394. The Bertz CT molecular complexity index is 775. The van der Waals surface area contributed by atoms with E-state index in [2.05, 4.69) is 15.8 Å². The fraction of sp³-hybridized carbons (Fsp3) is 0.211. The normalized spacial score (nSPS) is 10.9. The second kappa shape index (κ2) is 9.83. The predicted molar refractivity (Wildman–Crippen MR) is 101 cm³/mol. The number of benzene rings is 2. The Morgan fingerprint density at radius 3 is 2.62 bits per heavy atom. The van der Waals surface area contributed by atoms with Crippen LogP contribution in [0.4, 0.5) is 5.69 Å². The molecule has 0 fully saturated rings. The molecule has 0 spiro atoms. The fourth-order valence-electron chi connectivity index (χ4n) is 2.21. The third kappa shape index (κ3) is 6.27. The summed E-state index contributed by atoms with van der Waals surface area (Å²) in [6.07, 6.45) is 0.442. The predicted octanol–water partition coefficient (Wildman–Crippen LogP) is 1.91. The van der Waals surface area contributed by atoms with Crippen LogP contribution in [-0.4, -0.2) is 30.8 Å². The van der Waals surface area contributed by atoms with Crippen LogP contribution in [0.15, 0.2) is 59.8 Å². The van der Waals surface area contributed by atoms with Gasteiger partial charge >= 0.3 is 0 Å². The number of hydrogen-bond acceptors (Lipinski definition) is 4. The van der Waals surface area contributed by atoms with E-state index in [4.69, 9.17) is 10.6 Å². The second-order valence-electron chi connectivity index (χ2n) is 5.51. The van der Waals surface area contributed by atoms with Gasteiger partial charge in [0.15, 0.2) is 6.61 Å². The van der Waals surface area contributed by atoms with Crippen molar-refractivity contribution in [3.05, 3.63) is 65.7 Å².